The van der Waals surface area contributed by atoms with Crippen molar-refractivity contribution < 1.29 is 24.5 Å². The van der Waals surface area contributed by atoms with Gasteiger partial charge in [0.15, 0.2) is 0 Å². The van der Waals surface area contributed by atoms with Crippen molar-refractivity contribution in [3.8, 4) is 5.75 Å². The summed E-state index contributed by atoms with van der Waals surface area (Å²) in [5, 5.41) is 21.4. The Balaban J connectivity index is 1.33. The Morgan fingerprint density at radius 2 is 2.08 bits per heavy atom. The monoisotopic (exact) mass is 537 g/mol. The Morgan fingerprint density at radius 1 is 1.21 bits per heavy atom. The number of carboxylic acid groups (broad SMARTS) is 1. The zero-order chi connectivity index (χ0) is 26.5. The number of carboxylic acids is 1. The number of aryl methyl sites for hydroxylation is 1. The molecule has 0 amide bonds. The van der Waals surface area contributed by atoms with E-state index in [1.54, 1.807) is 18.2 Å². The second-order valence-corrected chi connectivity index (χ2v) is 12.2. The highest BCUT2D eigenvalue weighted by atomic mass is 35.5. The van der Waals surface area contributed by atoms with Crippen molar-refractivity contribution in [2.75, 3.05) is 31.2 Å². The maximum absolute atomic E-state index is 11.9. The van der Waals surface area contributed by atoms with Gasteiger partial charge in [-0.3, -0.25) is 0 Å². The Kier molecular flexibility index (Phi) is 6.69. The van der Waals surface area contributed by atoms with Crippen molar-refractivity contribution in [1.29, 1.82) is 0 Å². The lowest BCUT2D eigenvalue weighted by molar-refractivity contribution is -0.125. The highest BCUT2D eigenvalue weighted by Gasteiger charge is 2.46. The summed E-state index contributed by atoms with van der Waals surface area (Å²) in [6.07, 6.45) is 8.07. The molecule has 0 aromatic heterocycles. The van der Waals surface area contributed by atoms with Gasteiger partial charge in [-0.05, 0) is 85.4 Å². The molecule has 1 unspecified atom stereocenters. The largest absolute Gasteiger partial charge is 0.490 e. The summed E-state index contributed by atoms with van der Waals surface area (Å²) >= 11 is 6.37. The summed E-state index contributed by atoms with van der Waals surface area (Å²) in [5.74, 6) is 0.534. The average molecular weight is 538 g/mol. The maximum atomic E-state index is 11.9. The number of benzene rings is 2. The van der Waals surface area contributed by atoms with E-state index in [9.17, 15) is 15.0 Å². The lowest BCUT2D eigenvalue weighted by Crippen LogP contribution is -2.52. The Labute approximate surface area is 229 Å². The number of hydrogen-bond donors (Lipinski definition) is 2. The van der Waals surface area contributed by atoms with Gasteiger partial charge < -0.3 is 24.6 Å². The van der Waals surface area contributed by atoms with E-state index < -0.39 is 11.6 Å². The minimum absolute atomic E-state index is 0.00469. The van der Waals surface area contributed by atoms with E-state index in [1.165, 1.54) is 11.1 Å². The summed E-state index contributed by atoms with van der Waals surface area (Å²) in [4.78, 5) is 14.3. The normalized spacial score (nSPS) is 32.4. The lowest BCUT2D eigenvalue weighted by Gasteiger charge is -2.48. The fourth-order valence-corrected chi connectivity index (χ4v) is 7.39. The molecular weight excluding hydrogens is 502 g/mol. The van der Waals surface area contributed by atoms with E-state index in [4.69, 9.17) is 21.1 Å². The summed E-state index contributed by atoms with van der Waals surface area (Å²) in [6, 6.07) is 11.4. The second kappa shape index (κ2) is 9.89. The van der Waals surface area contributed by atoms with E-state index in [2.05, 4.69) is 23.6 Å². The standard InChI is InChI=1S/C31H36ClNO5/c1-2-31(36)12-13-37-28(16-31)24-8-5-22(24)17-33-18-30(11-3-4-20-14-23(32)7-9-25(20)30)19-38-27-10-6-21(29(34)35)15-26(27)33/h2,6-7,9-10,14-15,22,24,28,36H,1,3-5,8,11-13,16-19H2,(H,34,35)/t22-,24+,28-,30?,31-/m0/s1. The third-order valence-electron chi connectivity index (χ3n) is 9.49. The molecule has 2 fully saturated rings. The number of carbonyl (C=O) groups is 1. The minimum Gasteiger partial charge on any atom is -0.490 e. The fourth-order valence-electron chi connectivity index (χ4n) is 7.20. The van der Waals surface area contributed by atoms with Crippen LogP contribution in [0.4, 0.5) is 5.69 Å². The van der Waals surface area contributed by atoms with Gasteiger partial charge in [-0.2, -0.15) is 0 Å². The molecule has 1 spiro atoms. The third kappa shape index (κ3) is 4.61. The smallest absolute Gasteiger partial charge is 0.335 e. The van der Waals surface area contributed by atoms with Crippen LogP contribution in [0.15, 0.2) is 49.1 Å². The number of halogens is 1. The van der Waals surface area contributed by atoms with Crippen LogP contribution in [0.2, 0.25) is 5.02 Å². The zero-order valence-corrected chi connectivity index (χ0v) is 22.5. The molecule has 1 saturated heterocycles. The predicted molar refractivity (Wildman–Crippen MR) is 148 cm³/mol. The first-order chi connectivity index (χ1) is 18.3. The molecule has 7 heteroatoms. The highest BCUT2D eigenvalue weighted by Crippen LogP contribution is 2.48. The van der Waals surface area contributed by atoms with Gasteiger partial charge in [-0.25, -0.2) is 4.79 Å². The van der Waals surface area contributed by atoms with Crippen molar-refractivity contribution in [2.24, 2.45) is 11.8 Å². The molecule has 1 saturated carbocycles. The molecular formula is C31H36ClNO5. The van der Waals surface area contributed by atoms with Gasteiger partial charge in [0.05, 0.1) is 36.2 Å². The molecule has 2 aliphatic heterocycles. The molecule has 2 heterocycles. The molecule has 2 aliphatic carbocycles. The highest BCUT2D eigenvalue weighted by molar-refractivity contribution is 6.30. The van der Waals surface area contributed by atoms with Crippen molar-refractivity contribution in [1.82, 2.24) is 0 Å². The molecule has 4 aliphatic rings. The Bertz CT molecular complexity index is 1250. The van der Waals surface area contributed by atoms with E-state index >= 15 is 0 Å². The minimum atomic E-state index is -0.940. The van der Waals surface area contributed by atoms with Crippen molar-refractivity contribution >= 4 is 23.3 Å². The van der Waals surface area contributed by atoms with E-state index in [1.807, 2.05) is 12.1 Å². The predicted octanol–water partition coefficient (Wildman–Crippen LogP) is 5.63. The van der Waals surface area contributed by atoms with E-state index in [0.717, 1.165) is 61.7 Å². The van der Waals surface area contributed by atoms with Gasteiger partial charge in [0, 0.05) is 36.4 Å². The van der Waals surface area contributed by atoms with Crippen molar-refractivity contribution in [3.63, 3.8) is 0 Å². The van der Waals surface area contributed by atoms with Crippen LogP contribution < -0.4 is 9.64 Å². The fraction of sp³-hybridized carbons (Fsp3) is 0.516. The SMILES string of the molecule is C=C[C@]1(O)CCO[C@H]([C@@H]2CC[C@H]2CN2CC3(CCCc4cc(Cl)ccc43)COc3ccc(C(=O)O)cc32)C1. The summed E-state index contributed by atoms with van der Waals surface area (Å²) in [6.45, 7) is 6.49. The van der Waals surface area contributed by atoms with E-state index in [-0.39, 0.29) is 17.1 Å². The third-order valence-corrected chi connectivity index (χ3v) is 9.73. The van der Waals surface area contributed by atoms with Gasteiger partial charge in [0.1, 0.15) is 5.75 Å². The van der Waals surface area contributed by atoms with Crippen LogP contribution in [0.5, 0.6) is 5.75 Å². The first kappa shape index (κ1) is 25.7. The molecule has 0 bridgehead atoms. The Morgan fingerprint density at radius 3 is 2.84 bits per heavy atom. The topological polar surface area (TPSA) is 79.2 Å². The van der Waals surface area contributed by atoms with E-state index in [0.29, 0.717) is 37.9 Å². The van der Waals surface area contributed by atoms with Crippen molar-refractivity contribution in [3.05, 3.63) is 70.8 Å². The first-order valence-electron chi connectivity index (χ1n) is 13.8. The average Bonchev–Trinajstić information content (AvgIpc) is 3.03. The zero-order valence-electron chi connectivity index (χ0n) is 21.7. The number of hydrogen-bond acceptors (Lipinski definition) is 5. The molecule has 202 valence electrons. The number of ether oxygens (including phenoxy) is 2. The number of aromatic carboxylic acids is 1. The van der Waals surface area contributed by atoms with Crippen LogP contribution in [0.25, 0.3) is 0 Å². The van der Waals surface area contributed by atoms with Crippen LogP contribution in [-0.4, -0.2) is 54.2 Å². The number of rotatable bonds is 5. The van der Waals surface area contributed by atoms with Crippen LogP contribution in [0.3, 0.4) is 0 Å². The molecule has 5 atom stereocenters. The summed E-state index contributed by atoms with van der Waals surface area (Å²) in [5.41, 5.74) is 2.62. The van der Waals surface area contributed by atoms with Crippen LogP contribution in [0, 0.1) is 11.8 Å². The lowest BCUT2D eigenvalue weighted by atomic mass is 9.67. The van der Waals surface area contributed by atoms with Gasteiger partial charge in [-0.1, -0.05) is 23.7 Å². The number of fused-ring (bicyclic) bond motifs is 3. The number of anilines is 1. The molecule has 38 heavy (non-hydrogen) atoms. The number of nitrogens with zero attached hydrogens (tertiary/aromatic N) is 1. The number of aliphatic hydroxyl groups is 1. The second-order valence-electron chi connectivity index (χ2n) is 11.8. The van der Waals surface area contributed by atoms with Crippen LogP contribution in [-0.2, 0) is 16.6 Å². The molecule has 0 radical (unpaired) electrons. The summed E-state index contributed by atoms with van der Waals surface area (Å²) in [7, 11) is 0. The molecule has 2 aromatic carbocycles. The molecule has 2 aromatic rings. The van der Waals surface area contributed by atoms with Crippen LogP contribution >= 0.6 is 11.6 Å². The maximum Gasteiger partial charge on any atom is 0.335 e. The van der Waals surface area contributed by atoms with Gasteiger partial charge in [-0.15, -0.1) is 6.58 Å². The quantitative estimate of drug-likeness (QED) is 0.481. The van der Waals surface area contributed by atoms with Gasteiger partial charge >= 0.3 is 5.97 Å². The van der Waals surface area contributed by atoms with Gasteiger partial charge in [0.25, 0.3) is 0 Å². The molecule has 2 N–H and O–H groups in total. The molecule has 6 nitrogen and oxygen atoms in total. The first-order valence-corrected chi connectivity index (χ1v) is 14.2. The van der Waals surface area contributed by atoms with Gasteiger partial charge in [0.2, 0.25) is 0 Å². The Hall–Kier alpha value is -2.54. The van der Waals surface area contributed by atoms with Crippen molar-refractivity contribution in [2.45, 2.75) is 62.1 Å². The van der Waals surface area contributed by atoms with Crippen LogP contribution in [0.1, 0.15) is 60.0 Å². The molecule has 6 rings (SSSR count). The summed E-state index contributed by atoms with van der Waals surface area (Å²) < 4.78 is 12.6.